The minimum absolute atomic E-state index is 0. The summed E-state index contributed by atoms with van der Waals surface area (Å²) in [5.41, 5.74) is 0.530. The summed E-state index contributed by atoms with van der Waals surface area (Å²) in [5, 5.41) is 9.59. The molecular weight excluding hydrogens is 323 g/mol. The summed E-state index contributed by atoms with van der Waals surface area (Å²) in [7, 11) is 1.84. The maximum atomic E-state index is 13.2. The number of nitrogens with one attached hydrogen (secondary N) is 2. The standard InChI is InChI=1S/C15H19FN4O2.ClH/c1-10(18-13(21)7-4-8-17-2)15-19-14(20-22-15)11-5-3-6-12(16)9-11;/h3,5-6,9-10,17H,4,7-8H2,1-2H3,(H,18,21);1H. The minimum atomic E-state index is -0.392. The normalized spacial score (nSPS) is 11.6. The van der Waals surface area contributed by atoms with Gasteiger partial charge in [-0.05, 0) is 39.1 Å². The second kappa shape index (κ2) is 9.22. The fraction of sp³-hybridized carbons (Fsp3) is 0.400. The lowest BCUT2D eigenvalue weighted by molar-refractivity contribution is -0.122. The first-order chi connectivity index (χ1) is 10.6. The van der Waals surface area contributed by atoms with Crippen molar-refractivity contribution in [3.05, 3.63) is 36.0 Å². The summed E-state index contributed by atoms with van der Waals surface area (Å²) in [6.07, 6.45) is 1.18. The number of amides is 1. The van der Waals surface area contributed by atoms with Gasteiger partial charge in [0.05, 0.1) is 0 Å². The molecule has 2 rings (SSSR count). The molecule has 23 heavy (non-hydrogen) atoms. The Morgan fingerprint density at radius 2 is 2.22 bits per heavy atom. The van der Waals surface area contributed by atoms with E-state index in [1.165, 1.54) is 12.1 Å². The van der Waals surface area contributed by atoms with Crippen molar-refractivity contribution in [3.8, 4) is 11.4 Å². The largest absolute Gasteiger partial charge is 0.345 e. The lowest BCUT2D eigenvalue weighted by Gasteiger charge is -2.09. The second-order valence-electron chi connectivity index (χ2n) is 4.96. The van der Waals surface area contributed by atoms with Crippen molar-refractivity contribution in [3.63, 3.8) is 0 Å². The van der Waals surface area contributed by atoms with E-state index in [1.54, 1.807) is 19.1 Å². The summed E-state index contributed by atoms with van der Waals surface area (Å²) in [6, 6.07) is 5.55. The molecule has 0 spiro atoms. The Hall–Kier alpha value is -1.99. The number of rotatable bonds is 7. The molecule has 1 aromatic carbocycles. The van der Waals surface area contributed by atoms with Gasteiger partial charge in [0.15, 0.2) is 0 Å². The Bertz CT molecular complexity index is 635. The molecule has 2 N–H and O–H groups in total. The van der Waals surface area contributed by atoms with Gasteiger partial charge in [-0.3, -0.25) is 4.79 Å². The van der Waals surface area contributed by atoms with E-state index in [9.17, 15) is 9.18 Å². The van der Waals surface area contributed by atoms with Gasteiger partial charge in [0.25, 0.3) is 0 Å². The Balaban J connectivity index is 0.00000264. The van der Waals surface area contributed by atoms with Gasteiger partial charge in [0.2, 0.25) is 17.6 Å². The molecule has 0 aliphatic heterocycles. The molecule has 0 aliphatic rings. The third-order valence-corrected chi connectivity index (χ3v) is 3.10. The Morgan fingerprint density at radius 3 is 2.91 bits per heavy atom. The van der Waals surface area contributed by atoms with Crippen molar-refractivity contribution in [1.82, 2.24) is 20.8 Å². The fourth-order valence-electron chi connectivity index (χ4n) is 1.96. The third-order valence-electron chi connectivity index (χ3n) is 3.10. The molecule has 0 bridgehead atoms. The molecule has 1 atom stereocenters. The van der Waals surface area contributed by atoms with E-state index < -0.39 is 6.04 Å². The van der Waals surface area contributed by atoms with E-state index in [-0.39, 0.29) is 24.1 Å². The average molecular weight is 343 g/mol. The van der Waals surface area contributed by atoms with Crippen LogP contribution in [0.4, 0.5) is 4.39 Å². The molecule has 0 saturated heterocycles. The molecule has 0 aliphatic carbocycles. The first kappa shape index (κ1) is 19.1. The van der Waals surface area contributed by atoms with Gasteiger partial charge in [0, 0.05) is 12.0 Å². The van der Waals surface area contributed by atoms with Crippen molar-refractivity contribution >= 4 is 18.3 Å². The van der Waals surface area contributed by atoms with Gasteiger partial charge in [0.1, 0.15) is 11.9 Å². The number of carbonyl (C=O) groups is 1. The number of halogens is 2. The van der Waals surface area contributed by atoms with E-state index in [0.29, 0.717) is 23.7 Å². The highest BCUT2D eigenvalue weighted by Crippen LogP contribution is 2.19. The van der Waals surface area contributed by atoms with E-state index in [2.05, 4.69) is 20.8 Å². The number of carbonyl (C=O) groups excluding carboxylic acids is 1. The summed E-state index contributed by atoms with van der Waals surface area (Å²) in [4.78, 5) is 15.9. The summed E-state index contributed by atoms with van der Waals surface area (Å²) in [6.45, 7) is 2.55. The smallest absolute Gasteiger partial charge is 0.249 e. The van der Waals surface area contributed by atoms with Gasteiger partial charge >= 0.3 is 0 Å². The highest BCUT2D eigenvalue weighted by atomic mass is 35.5. The van der Waals surface area contributed by atoms with Gasteiger partial charge in [-0.1, -0.05) is 17.3 Å². The van der Waals surface area contributed by atoms with Crippen LogP contribution in [0.25, 0.3) is 11.4 Å². The highest BCUT2D eigenvalue weighted by Gasteiger charge is 2.17. The van der Waals surface area contributed by atoms with Crippen LogP contribution in [0.5, 0.6) is 0 Å². The molecule has 8 heteroatoms. The van der Waals surface area contributed by atoms with Crippen LogP contribution in [0.15, 0.2) is 28.8 Å². The SMILES string of the molecule is CNCCCC(=O)NC(C)c1nc(-c2cccc(F)c2)no1.Cl. The zero-order valence-electron chi connectivity index (χ0n) is 13.0. The second-order valence-corrected chi connectivity index (χ2v) is 4.96. The topological polar surface area (TPSA) is 80.0 Å². The maximum absolute atomic E-state index is 13.2. The van der Waals surface area contributed by atoms with Gasteiger partial charge in [-0.25, -0.2) is 4.39 Å². The first-order valence-electron chi connectivity index (χ1n) is 7.13. The first-order valence-corrected chi connectivity index (χ1v) is 7.13. The van der Waals surface area contributed by atoms with Crippen LogP contribution in [0.1, 0.15) is 31.7 Å². The number of hydrogen-bond donors (Lipinski definition) is 2. The van der Waals surface area contributed by atoms with Crippen molar-refractivity contribution < 1.29 is 13.7 Å². The lowest BCUT2D eigenvalue weighted by atomic mass is 10.2. The van der Waals surface area contributed by atoms with Gasteiger partial charge in [-0.2, -0.15) is 4.98 Å². The van der Waals surface area contributed by atoms with Crippen molar-refractivity contribution in [1.29, 1.82) is 0 Å². The van der Waals surface area contributed by atoms with E-state index >= 15 is 0 Å². The molecule has 1 heterocycles. The maximum Gasteiger partial charge on any atom is 0.249 e. The number of aromatic nitrogens is 2. The lowest BCUT2D eigenvalue weighted by Crippen LogP contribution is -2.27. The van der Waals surface area contributed by atoms with Crippen molar-refractivity contribution in [2.24, 2.45) is 0 Å². The molecule has 1 unspecified atom stereocenters. The van der Waals surface area contributed by atoms with Crippen LogP contribution in [0, 0.1) is 5.82 Å². The quantitative estimate of drug-likeness (QED) is 0.756. The van der Waals surface area contributed by atoms with Gasteiger partial charge < -0.3 is 15.2 Å². The zero-order valence-corrected chi connectivity index (χ0v) is 13.8. The van der Waals surface area contributed by atoms with Crippen LogP contribution >= 0.6 is 12.4 Å². The molecule has 126 valence electrons. The van der Waals surface area contributed by atoms with E-state index in [1.807, 2.05) is 7.05 Å². The summed E-state index contributed by atoms with van der Waals surface area (Å²) < 4.78 is 18.3. The van der Waals surface area contributed by atoms with Crippen molar-refractivity contribution in [2.75, 3.05) is 13.6 Å². The van der Waals surface area contributed by atoms with E-state index in [4.69, 9.17) is 4.52 Å². The molecule has 1 aromatic heterocycles. The molecule has 2 aromatic rings. The highest BCUT2D eigenvalue weighted by molar-refractivity contribution is 5.85. The summed E-state index contributed by atoms with van der Waals surface area (Å²) >= 11 is 0. The Labute approximate surface area is 140 Å². The van der Waals surface area contributed by atoms with Crippen LogP contribution in [0.2, 0.25) is 0 Å². The van der Waals surface area contributed by atoms with Crippen LogP contribution in [-0.2, 0) is 4.79 Å². The summed E-state index contributed by atoms with van der Waals surface area (Å²) in [5.74, 6) is 0.148. The molecule has 6 nitrogen and oxygen atoms in total. The third kappa shape index (κ3) is 5.61. The van der Waals surface area contributed by atoms with Crippen LogP contribution in [0.3, 0.4) is 0 Å². The Morgan fingerprint density at radius 1 is 1.43 bits per heavy atom. The Kier molecular flexibility index (Phi) is 7.64. The minimum Gasteiger partial charge on any atom is -0.345 e. The average Bonchev–Trinajstić information content (AvgIpc) is 2.97. The molecule has 0 radical (unpaired) electrons. The molecular formula is C15H20ClFN4O2. The monoisotopic (exact) mass is 342 g/mol. The fourth-order valence-corrected chi connectivity index (χ4v) is 1.96. The zero-order chi connectivity index (χ0) is 15.9. The molecule has 1 amide bonds. The van der Waals surface area contributed by atoms with E-state index in [0.717, 1.165) is 13.0 Å². The number of nitrogens with zero attached hydrogens (tertiary/aromatic N) is 2. The number of hydrogen-bond acceptors (Lipinski definition) is 5. The predicted octanol–water partition coefficient (Wildman–Crippen LogP) is 2.47. The van der Waals surface area contributed by atoms with Gasteiger partial charge in [-0.15, -0.1) is 12.4 Å². The molecule has 0 saturated carbocycles. The van der Waals surface area contributed by atoms with Crippen LogP contribution in [-0.4, -0.2) is 29.6 Å². The van der Waals surface area contributed by atoms with Crippen molar-refractivity contribution in [2.45, 2.75) is 25.8 Å². The molecule has 0 fully saturated rings. The van der Waals surface area contributed by atoms with Crippen LogP contribution < -0.4 is 10.6 Å². The number of benzene rings is 1. The predicted molar refractivity (Wildman–Crippen MR) is 86.7 cm³/mol.